The van der Waals surface area contributed by atoms with Crippen LogP contribution in [0, 0.1) is 5.92 Å². The minimum absolute atomic E-state index is 0.0554. The number of benzene rings is 3. The van der Waals surface area contributed by atoms with Gasteiger partial charge in [0.1, 0.15) is 23.7 Å². The van der Waals surface area contributed by atoms with Crippen LogP contribution in [0.15, 0.2) is 73.1 Å². The summed E-state index contributed by atoms with van der Waals surface area (Å²) in [6, 6.07) is 15.5. The van der Waals surface area contributed by atoms with Gasteiger partial charge in [0, 0.05) is 33.7 Å². The SMILES string of the molecule is CCC(C)C(CO)NC(=O)Nc1ccc(C[C@H](NC(=O)C(=O)Nc2cc(Cl)ccc2-n2cnnn2)C(=O)Nc2ccc3[nH]c(C(=O)OC(C)(C)C)cc3c2)cc1. The number of fused-ring (bicyclic) bond motifs is 1. The Bertz CT molecular complexity index is 2200. The Labute approximate surface area is 326 Å². The third-order valence-electron chi connectivity index (χ3n) is 8.63. The molecule has 0 aliphatic heterocycles. The number of aromatic nitrogens is 5. The summed E-state index contributed by atoms with van der Waals surface area (Å²) in [7, 11) is 0. The van der Waals surface area contributed by atoms with E-state index in [1.54, 1.807) is 81.4 Å². The third kappa shape index (κ3) is 10.9. The first-order chi connectivity index (χ1) is 26.6. The summed E-state index contributed by atoms with van der Waals surface area (Å²) in [5.41, 5.74) is 2.02. The first kappa shape index (κ1) is 40.8. The molecule has 2 heterocycles. The number of hydrogen-bond donors (Lipinski definition) is 7. The van der Waals surface area contributed by atoms with Crippen molar-refractivity contribution in [3.05, 3.63) is 89.3 Å². The second-order valence-corrected chi connectivity index (χ2v) is 14.5. The van der Waals surface area contributed by atoms with Crippen LogP contribution < -0.4 is 26.6 Å². The quantitative estimate of drug-likeness (QED) is 0.0648. The molecular weight excluding hydrogens is 744 g/mol. The number of hydrogen-bond acceptors (Lipinski definition) is 10. The van der Waals surface area contributed by atoms with Crippen LogP contribution in [0.5, 0.6) is 0 Å². The van der Waals surface area contributed by atoms with Crippen LogP contribution in [0.1, 0.15) is 57.1 Å². The van der Waals surface area contributed by atoms with Crippen molar-refractivity contribution in [3.63, 3.8) is 0 Å². The predicted molar refractivity (Wildman–Crippen MR) is 209 cm³/mol. The first-order valence-corrected chi connectivity index (χ1v) is 18.1. The molecule has 0 aliphatic rings. The van der Waals surface area contributed by atoms with E-state index in [9.17, 15) is 29.1 Å². The maximum absolute atomic E-state index is 13.8. The molecule has 0 saturated carbocycles. The van der Waals surface area contributed by atoms with Gasteiger partial charge in [-0.05, 0) is 97.3 Å². The second-order valence-electron chi connectivity index (χ2n) is 14.0. The summed E-state index contributed by atoms with van der Waals surface area (Å²) < 4.78 is 6.73. The summed E-state index contributed by atoms with van der Waals surface area (Å²) in [5.74, 6) is -3.33. The molecule has 3 atom stereocenters. The van der Waals surface area contributed by atoms with E-state index in [1.807, 2.05) is 13.8 Å². The first-order valence-electron chi connectivity index (χ1n) is 17.7. The molecule has 3 aromatic carbocycles. The number of carbonyl (C=O) groups is 5. The highest BCUT2D eigenvalue weighted by molar-refractivity contribution is 6.40. The van der Waals surface area contributed by atoms with Crippen molar-refractivity contribution in [2.24, 2.45) is 5.92 Å². The molecule has 7 N–H and O–H groups in total. The Balaban J connectivity index is 1.34. The van der Waals surface area contributed by atoms with Crippen LogP contribution in [-0.4, -0.2) is 84.3 Å². The molecule has 17 nitrogen and oxygen atoms in total. The summed E-state index contributed by atoms with van der Waals surface area (Å²) in [6.45, 7) is 8.97. The Hall–Kier alpha value is -6.33. The number of H-pyrrole nitrogens is 1. The van der Waals surface area contributed by atoms with Gasteiger partial charge in [0.2, 0.25) is 5.91 Å². The molecular formula is C38H43ClN10O7. The van der Waals surface area contributed by atoms with Gasteiger partial charge in [-0.15, -0.1) is 5.10 Å². The van der Waals surface area contributed by atoms with Crippen molar-refractivity contribution in [1.82, 2.24) is 35.8 Å². The fourth-order valence-corrected chi connectivity index (χ4v) is 5.69. The number of nitrogens with one attached hydrogen (secondary N) is 6. The number of aromatic amines is 1. The summed E-state index contributed by atoms with van der Waals surface area (Å²) in [4.78, 5) is 68.7. The van der Waals surface area contributed by atoms with Crippen molar-refractivity contribution in [2.45, 2.75) is 65.1 Å². The largest absolute Gasteiger partial charge is 0.455 e. The van der Waals surface area contributed by atoms with Gasteiger partial charge in [0.15, 0.2) is 0 Å². The van der Waals surface area contributed by atoms with E-state index in [0.29, 0.717) is 33.5 Å². The van der Waals surface area contributed by atoms with Crippen molar-refractivity contribution in [3.8, 4) is 5.69 Å². The maximum atomic E-state index is 13.8. The number of aliphatic hydroxyl groups excluding tert-OH is 1. The van der Waals surface area contributed by atoms with Gasteiger partial charge in [-0.25, -0.2) is 9.59 Å². The number of rotatable bonds is 13. The molecule has 5 amide bonds. The normalized spacial score (nSPS) is 12.9. The number of halogens is 1. The Morgan fingerprint density at radius 1 is 0.911 bits per heavy atom. The van der Waals surface area contributed by atoms with Gasteiger partial charge in [0.25, 0.3) is 0 Å². The average Bonchev–Trinajstić information content (AvgIpc) is 3.84. The van der Waals surface area contributed by atoms with Crippen molar-refractivity contribution in [1.29, 1.82) is 0 Å². The molecule has 0 saturated heterocycles. The van der Waals surface area contributed by atoms with Gasteiger partial charge >= 0.3 is 23.8 Å². The monoisotopic (exact) mass is 786 g/mol. The van der Waals surface area contributed by atoms with E-state index in [-0.39, 0.29) is 35.3 Å². The number of tetrazole rings is 1. The lowest BCUT2D eigenvalue weighted by molar-refractivity contribution is -0.137. The Kier molecular flexibility index (Phi) is 13.0. The van der Waals surface area contributed by atoms with Crippen LogP contribution >= 0.6 is 11.6 Å². The minimum atomic E-state index is -1.27. The fourth-order valence-electron chi connectivity index (χ4n) is 5.52. The molecule has 0 radical (unpaired) electrons. The standard InChI is InChI=1S/C38H43ClN10O7/c1-6-21(2)31(19-50)46-37(55)42-25-10-7-22(8-11-25)15-29(45-35(53)34(52)44-28-18-24(39)9-14-32(28)49-20-40-47-48-49)33(51)41-26-12-13-27-23(16-26)17-30(43-27)36(54)56-38(3,4)5/h7-14,16-18,20-21,29,31,43,50H,6,15,19H2,1-5H3,(H,41,51)(H,44,52)(H,45,53)(H2,42,46,55)/t21?,29-,31?/m0/s1. The maximum Gasteiger partial charge on any atom is 0.355 e. The summed E-state index contributed by atoms with van der Waals surface area (Å²) in [5, 5.41) is 34.9. The molecule has 294 valence electrons. The Morgan fingerprint density at radius 3 is 2.30 bits per heavy atom. The van der Waals surface area contributed by atoms with Crippen LogP contribution in [0.25, 0.3) is 16.6 Å². The summed E-state index contributed by atoms with van der Waals surface area (Å²) in [6.07, 6.45) is 2.01. The lowest BCUT2D eigenvalue weighted by Crippen LogP contribution is -2.49. The Morgan fingerprint density at radius 2 is 1.64 bits per heavy atom. The lowest BCUT2D eigenvalue weighted by atomic mass is 10.0. The second kappa shape index (κ2) is 17.9. The highest BCUT2D eigenvalue weighted by atomic mass is 35.5. The zero-order chi connectivity index (χ0) is 40.6. The number of amides is 5. The number of anilines is 3. The van der Waals surface area contributed by atoms with Crippen LogP contribution in [0.3, 0.4) is 0 Å². The van der Waals surface area contributed by atoms with Crippen molar-refractivity contribution < 1.29 is 33.8 Å². The molecule has 18 heteroatoms. The van der Waals surface area contributed by atoms with E-state index in [2.05, 4.69) is 47.1 Å². The topological polar surface area (TPSA) is 234 Å². The predicted octanol–water partition coefficient (Wildman–Crippen LogP) is 4.59. The van der Waals surface area contributed by atoms with Gasteiger partial charge in [-0.2, -0.15) is 4.68 Å². The number of carbonyl (C=O) groups excluding carboxylic acids is 5. The van der Waals surface area contributed by atoms with Crippen LogP contribution in [0.2, 0.25) is 5.02 Å². The van der Waals surface area contributed by atoms with E-state index in [0.717, 1.165) is 6.42 Å². The number of nitrogens with zero attached hydrogens (tertiary/aromatic N) is 4. The summed E-state index contributed by atoms with van der Waals surface area (Å²) >= 11 is 6.17. The number of esters is 1. The van der Waals surface area contributed by atoms with Gasteiger partial charge < -0.3 is 41.4 Å². The third-order valence-corrected chi connectivity index (χ3v) is 8.87. The minimum Gasteiger partial charge on any atom is -0.455 e. The van der Waals surface area contributed by atoms with E-state index in [1.165, 1.54) is 17.1 Å². The van der Waals surface area contributed by atoms with E-state index >= 15 is 0 Å². The number of ether oxygens (including phenoxy) is 1. The molecule has 2 unspecified atom stereocenters. The van der Waals surface area contributed by atoms with Crippen LogP contribution in [-0.2, 0) is 25.5 Å². The molecule has 5 rings (SSSR count). The number of aliphatic hydroxyl groups is 1. The molecule has 0 fully saturated rings. The molecule has 2 aromatic heterocycles. The molecule has 0 spiro atoms. The highest BCUT2D eigenvalue weighted by Gasteiger charge is 2.27. The smallest absolute Gasteiger partial charge is 0.355 e. The van der Waals surface area contributed by atoms with E-state index in [4.69, 9.17) is 16.3 Å². The zero-order valence-corrected chi connectivity index (χ0v) is 32.1. The fraction of sp³-hybridized carbons (Fsp3) is 0.316. The van der Waals surface area contributed by atoms with Crippen molar-refractivity contribution >= 4 is 69.3 Å². The van der Waals surface area contributed by atoms with Gasteiger partial charge in [-0.1, -0.05) is 44.0 Å². The molecule has 0 aliphatic carbocycles. The molecule has 0 bridgehead atoms. The van der Waals surface area contributed by atoms with Crippen LogP contribution in [0.4, 0.5) is 21.9 Å². The molecule has 5 aromatic rings. The van der Waals surface area contributed by atoms with Crippen molar-refractivity contribution in [2.75, 3.05) is 22.6 Å². The lowest BCUT2D eigenvalue weighted by Gasteiger charge is -2.22. The highest BCUT2D eigenvalue weighted by Crippen LogP contribution is 2.25. The average molecular weight is 787 g/mol. The van der Waals surface area contributed by atoms with E-state index < -0.39 is 47.4 Å². The van der Waals surface area contributed by atoms with Gasteiger partial charge in [-0.3, -0.25) is 14.4 Å². The molecule has 56 heavy (non-hydrogen) atoms. The van der Waals surface area contributed by atoms with Gasteiger partial charge in [0.05, 0.1) is 24.0 Å². The number of urea groups is 1. The zero-order valence-electron chi connectivity index (χ0n) is 31.3.